The smallest absolute Gasteiger partial charge is 0.273 e. The van der Waals surface area contributed by atoms with Crippen LogP contribution in [0.5, 0.6) is 11.5 Å². The Bertz CT molecular complexity index is 749. The zero-order chi connectivity index (χ0) is 16.2. The molecule has 23 heavy (non-hydrogen) atoms. The fourth-order valence-electron chi connectivity index (χ4n) is 2.05. The Labute approximate surface area is 140 Å². The van der Waals surface area contributed by atoms with Gasteiger partial charge in [0.15, 0.2) is 17.6 Å². The van der Waals surface area contributed by atoms with Crippen molar-refractivity contribution in [1.29, 1.82) is 0 Å². The van der Waals surface area contributed by atoms with Gasteiger partial charge < -0.3 is 14.6 Å². The first-order chi connectivity index (χ1) is 11.1. The zero-order valence-electron chi connectivity index (χ0n) is 11.9. The van der Waals surface area contributed by atoms with Crippen LogP contribution in [0, 0.1) is 0 Å². The Morgan fingerprint density at radius 2 is 1.96 bits per heavy atom. The van der Waals surface area contributed by atoms with Crippen molar-refractivity contribution < 1.29 is 19.4 Å². The maximum atomic E-state index is 11.9. The van der Waals surface area contributed by atoms with Crippen LogP contribution < -0.4 is 14.9 Å². The maximum Gasteiger partial charge on any atom is 0.273 e. The predicted molar refractivity (Wildman–Crippen MR) is 87.4 cm³/mol. The molecule has 2 N–H and O–H groups in total. The lowest BCUT2D eigenvalue weighted by Gasteiger charge is -2.08. The summed E-state index contributed by atoms with van der Waals surface area (Å²) in [5.41, 5.74) is 3.53. The molecule has 0 aromatic heterocycles. The zero-order valence-corrected chi connectivity index (χ0v) is 13.5. The van der Waals surface area contributed by atoms with Crippen molar-refractivity contribution in [2.45, 2.75) is 6.10 Å². The number of nitrogens with zero attached hydrogens (tertiary/aromatic N) is 1. The van der Waals surface area contributed by atoms with Crippen molar-refractivity contribution in [3.63, 3.8) is 0 Å². The Hall–Kier alpha value is -2.38. The van der Waals surface area contributed by atoms with E-state index in [0.29, 0.717) is 22.6 Å². The standard InChI is InChI=1S/C16H13BrN2O4/c17-12-7-14-13(22-9-23-14)6-11(12)8-18-19-16(21)15(20)10-4-2-1-3-5-10/h1-8,15,20H,9H2,(H,19,21)/b18-8-/t15-/m0/s1. The Kier molecular flexibility index (Phi) is 4.59. The molecular formula is C16H13BrN2O4. The number of halogens is 1. The first-order valence-electron chi connectivity index (χ1n) is 6.80. The molecule has 0 unspecified atom stereocenters. The van der Waals surface area contributed by atoms with E-state index >= 15 is 0 Å². The van der Waals surface area contributed by atoms with Gasteiger partial charge in [0.1, 0.15) is 0 Å². The monoisotopic (exact) mass is 376 g/mol. The van der Waals surface area contributed by atoms with E-state index in [2.05, 4.69) is 26.5 Å². The Morgan fingerprint density at radius 1 is 1.26 bits per heavy atom. The van der Waals surface area contributed by atoms with Gasteiger partial charge in [-0.05, 0) is 33.6 Å². The van der Waals surface area contributed by atoms with Gasteiger partial charge in [0, 0.05) is 10.0 Å². The molecule has 7 heteroatoms. The van der Waals surface area contributed by atoms with Crippen molar-refractivity contribution in [3.05, 3.63) is 58.1 Å². The van der Waals surface area contributed by atoms with Crippen LogP contribution >= 0.6 is 15.9 Å². The number of ether oxygens (including phenoxy) is 2. The minimum Gasteiger partial charge on any atom is -0.454 e. The fourth-order valence-corrected chi connectivity index (χ4v) is 2.47. The third-order valence-corrected chi connectivity index (χ3v) is 3.92. The molecule has 1 atom stereocenters. The number of hydrogen-bond acceptors (Lipinski definition) is 5. The topological polar surface area (TPSA) is 80.2 Å². The quantitative estimate of drug-likeness (QED) is 0.633. The lowest BCUT2D eigenvalue weighted by atomic mass is 10.1. The molecule has 0 spiro atoms. The fraction of sp³-hybridized carbons (Fsp3) is 0.125. The molecule has 0 aliphatic carbocycles. The van der Waals surface area contributed by atoms with E-state index in [-0.39, 0.29) is 6.79 Å². The van der Waals surface area contributed by atoms with E-state index < -0.39 is 12.0 Å². The van der Waals surface area contributed by atoms with Gasteiger partial charge in [-0.2, -0.15) is 5.10 Å². The van der Waals surface area contributed by atoms with Crippen molar-refractivity contribution >= 4 is 28.1 Å². The van der Waals surface area contributed by atoms with Gasteiger partial charge in [0.05, 0.1) is 6.21 Å². The lowest BCUT2D eigenvalue weighted by molar-refractivity contribution is -0.129. The summed E-state index contributed by atoms with van der Waals surface area (Å²) in [6.07, 6.45) is 0.190. The molecule has 0 fully saturated rings. The average Bonchev–Trinajstić information content (AvgIpc) is 3.02. The third-order valence-electron chi connectivity index (χ3n) is 3.23. The van der Waals surface area contributed by atoms with Crippen molar-refractivity contribution in [3.8, 4) is 11.5 Å². The predicted octanol–water partition coefficient (Wildman–Crippen LogP) is 2.36. The summed E-state index contributed by atoms with van der Waals surface area (Å²) < 4.78 is 11.3. The minimum absolute atomic E-state index is 0.183. The van der Waals surface area contributed by atoms with Crippen molar-refractivity contribution in [1.82, 2.24) is 5.43 Å². The molecule has 3 rings (SSSR count). The molecule has 0 radical (unpaired) electrons. The molecular weight excluding hydrogens is 364 g/mol. The highest BCUT2D eigenvalue weighted by atomic mass is 79.9. The number of hydrogen-bond donors (Lipinski definition) is 2. The minimum atomic E-state index is -1.27. The highest BCUT2D eigenvalue weighted by molar-refractivity contribution is 9.10. The van der Waals surface area contributed by atoms with Gasteiger partial charge in [-0.25, -0.2) is 5.43 Å². The summed E-state index contributed by atoms with van der Waals surface area (Å²) in [5.74, 6) is 0.659. The summed E-state index contributed by atoms with van der Waals surface area (Å²) in [4.78, 5) is 11.9. The number of amides is 1. The normalized spacial score (nSPS) is 14.0. The van der Waals surface area contributed by atoms with Gasteiger partial charge in [0.25, 0.3) is 5.91 Å². The molecule has 1 amide bonds. The maximum absolute atomic E-state index is 11.9. The molecule has 2 aromatic rings. The number of rotatable bonds is 4. The number of carbonyl (C=O) groups is 1. The second-order valence-electron chi connectivity index (χ2n) is 4.77. The summed E-state index contributed by atoms with van der Waals surface area (Å²) in [5, 5.41) is 13.8. The van der Waals surface area contributed by atoms with Crippen LogP contribution in [0.3, 0.4) is 0 Å². The van der Waals surface area contributed by atoms with Crippen LogP contribution in [-0.2, 0) is 4.79 Å². The number of carbonyl (C=O) groups excluding carboxylic acids is 1. The van der Waals surface area contributed by atoms with Crippen LogP contribution in [-0.4, -0.2) is 24.0 Å². The summed E-state index contributed by atoms with van der Waals surface area (Å²) in [6.45, 7) is 0.183. The highest BCUT2D eigenvalue weighted by Gasteiger charge is 2.17. The van der Waals surface area contributed by atoms with Gasteiger partial charge in [-0.1, -0.05) is 30.3 Å². The van der Waals surface area contributed by atoms with Crippen LogP contribution in [0.2, 0.25) is 0 Å². The van der Waals surface area contributed by atoms with E-state index in [1.165, 1.54) is 6.21 Å². The highest BCUT2D eigenvalue weighted by Crippen LogP contribution is 2.36. The van der Waals surface area contributed by atoms with Gasteiger partial charge in [-0.15, -0.1) is 0 Å². The molecule has 118 valence electrons. The molecule has 2 aromatic carbocycles. The first-order valence-corrected chi connectivity index (χ1v) is 7.59. The molecule has 0 saturated heterocycles. The average molecular weight is 377 g/mol. The molecule has 0 saturated carbocycles. The number of nitrogens with one attached hydrogen (secondary N) is 1. The number of benzene rings is 2. The van der Waals surface area contributed by atoms with Crippen LogP contribution in [0.15, 0.2) is 52.0 Å². The van der Waals surface area contributed by atoms with Crippen LogP contribution in [0.1, 0.15) is 17.2 Å². The third kappa shape index (κ3) is 3.52. The van der Waals surface area contributed by atoms with E-state index in [0.717, 1.165) is 4.47 Å². The Balaban J connectivity index is 1.66. The van der Waals surface area contributed by atoms with Crippen LogP contribution in [0.4, 0.5) is 0 Å². The van der Waals surface area contributed by atoms with E-state index in [9.17, 15) is 9.90 Å². The molecule has 1 aliphatic heterocycles. The van der Waals surface area contributed by atoms with E-state index in [1.54, 1.807) is 36.4 Å². The van der Waals surface area contributed by atoms with Crippen molar-refractivity contribution in [2.75, 3.05) is 6.79 Å². The SMILES string of the molecule is O=C(N/N=C\c1cc2c(cc1Br)OCO2)[C@@H](O)c1ccccc1. The molecule has 6 nitrogen and oxygen atoms in total. The van der Waals surface area contributed by atoms with Crippen LogP contribution in [0.25, 0.3) is 0 Å². The van der Waals surface area contributed by atoms with Crippen molar-refractivity contribution in [2.24, 2.45) is 5.10 Å². The van der Waals surface area contributed by atoms with Gasteiger partial charge in [0.2, 0.25) is 6.79 Å². The number of fused-ring (bicyclic) bond motifs is 1. The second-order valence-corrected chi connectivity index (χ2v) is 5.63. The first kappa shape index (κ1) is 15.5. The molecule has 1 heterocycles. The van der Waals surface area contributed by atoms with Gasteiger partial charge >= 0.3 is 0 Å². The summed E-state index contributed by atoms with van der Waals surface area (Å²) >= 11 is 3.39. The summed E-state index contributed by atoms with van der Waals surface area (Å²) in [7, 11) is 0. The Morgan fingerprint density at radius 3 is 2.70 bits per heavy atom. The largest absolute Gasteiger partial charge is 0.454 e. The summed E-state index contributed by atoms with van der Waals surface area (Å²) in [6, 6.07) is 12.2. The number of aliphatic hydroxyl groups is 1. The van der Waals surface area contributed by atoms with Gasteiger partial charge in [-0.3, -0.25) is 4.79 Å². The van der Waals surface area contributed by atoms with E-state index in [1.807, 2.05) is 6.07 Å². The second kappa shape index (κ2) is 6.80. The number of aliphatic hydroxyl groups excluding tert-OH is 1. The van der Waals surface area contributed by atoms with E-state index in [4.69, 9.17) is 9.47 Å². The molecule has 1 aliphatic rings. The molecule has 0 bridgehead atoms. The number of hydrazone groups is 1. The lowest BCUT2D eigenvalue weighted by Crippen LogP contribution is -2.25.